The highest BCUT2D eigenvalue weighted by molar-refractivity contribution is 6.18. The minimum Gasteiger partial charge on any atom is -0.299 e. The Hall–Kier alpha value is -1.39. The fraction of sp³-hybridized carbons (Fsp3) is 0.467. The van der Waals surface area contributed by atoms with Crippen LogP contribution in [0.5, 0.6) is 0 Å². The van der Waals surface area contributed by atoms with Crippen LogP contribution in [0.1, 0.15) is 31.7 Å². The summed E-state index contributed by atoms with van der Waals surface area (Å²) in [7, 11) is 0. The van der Waals surface area contributed by atoms with E-state index in [0.717, 1.165) is 18.8 Å². The molecule has 1 unspecified atom stereocenters. The van der Waals surface area contributed by atoms with Gasteiger partial charge in [-0.2, -0.15) is 5.10 Å². The molecule has 1 N–H and O–H groups in total. The van der Waals surface area contributed by atoms with E-state index in [9.17, 15) is 0 Å². The molecule has 0 saturated carbocycles. The van der Waals surface area contributed by atoms with Gasteiger partial charge in [-0.15, -0.1) is 11.6 Å². The molecule has 0 saturated heterocycles. The SMILES string of the molecule is CCCn1ncnc1CNC(C)(CCl)c1ccccc1. The number of aromatic nitrogens is 3. The molecule has 0 aliphatic rings. The second kappa shape index (κ2) is 6.86. The molecule has 0 amide bonds. The van der Waals surface area contributed by atoms with Crippen LogP contribution in [-0.4, -0.2) is 20.6 Å². The maximum absolute atomic E-state index is 6.18. The number of nitrogens with one attached hydrogen (secondary N) is 1. The van der Waals surface area contributed by atoms with Gasteiger partial charge in [0, 0.05) is 12.4 Å². The van der Waals surface area contributed by atoms with Gasteiger partial charge in [-0.1, -0.05) is 37.3 Å². The molecule has 0 bridgehead atoms. The Balaban J connectivity index is 2.09. The lowest BCUT2D eigenvalue weighted by Gasteiger charge is -2.29. The summed E-state index contributed by atoms with van der Waals surface area (Å²) in [6.07, 6.45) is 2.65. The van der Waals surface area contributed by atoms with Gasteiger partial charge in [0.2, 0.25) is 0 Å². The maximum atomic E-state index is 6.18. The number of nitrogens with zero attached hydrogens (tertiary/aromatic N) is 3. The molecule has 0 fully saturated rings. The second-order valence-electron chi connectivity index (χ2n) is 5.08. The van der Waals surface area contributed by atoms with E-state index in [1.165, 1.54) is 5.56 Å². The van der Waals surface area contributed by atoms with Crippen LogP contribution < -0.4 is 5.32 Å². The Morgan fingerprint density at radius 1 is 1.30 bits per heavy atom. The molecular formula is C15H21ClN4. The summed E-state index contributed by atoms with van der Waals surface area (Å²) in [6, 6.07) is 10.2. The summed E-state index contributed by atoms with van der Waals surface area (Å²) >= 11 is 6.18. The molecule has 108 valence electrons. The van der Waals surface area contributed by atoms with Crippen LogP contribution in [0.4, 0.5) is 0 Å². The highest BCUT2D eigenvalue weighted by Crippen LogP contribution is 2.22. The van der Waals surface area contributed by atoms with Crippen LogP contribution in [0.25, 0.3) is 0 Å². The molecule has 1 aromatic carbocycles. The fourth-order valence-corrected chi connectivity index (χ4v) is 2.38. The zero-order valence-corrected chi connectivity index (χ0v) is 12.8. The molecule has 4 nitrogen and oxygen atoms in total. The van der Waals surface area contributed by atoms with E-state index in [2.05, 4.69) is 41.4 Å². The van der Waals surface area contributed by atoms with Crippen molar-refractivity contribution in [2.24, 2.45) is 0 Å². The molecule has 2 rings (SSSR count). The lowest BCUT2D eigenvalue weighted by atomic mass is 9.94. The van der Waals surface area contributed by atoms with Gasteiger partial charge in [-0.25, -0.2) is 9.67 Å². The average Bonchev–Trinajstić information content (AvgIpc) is 2.93. The third-order valence-electron chi connectivity index (χ3n) is 3.45. The Morgan fingerprint density at radius 2 is 2.05 bits per heavy atom. The van der Waals surface area contributed by atoms with Crippen molar-refractivity contribution in [2.75, 3.05) is 5.88 Å². The third kappa shape index (κ3) is 3.38. The Morgan fingerprint density at radius 3 is 2.70 bits per heavy atom. The standard InChI is InChI=1S/C15H21ClN4/c1-3-9-20-14(17-12-19-20)10-18-15(2,11-16)13-7-5-4-6-8-13/h4-8,12,18H,3,9-11H2,1-2H3. The first-order chi connectivity index (χ1) is 9.69. The van der Waals surface area contributed by atoms with Crippen molar-refractivity contribution < 1.29 is 0 Å². The third-order valence-corrected chi connectivity index (χ3v) is 3.98. The van der Waals surface area contributed by atoms with Gasteiger partial charge in [0.1, 0.15) is 12.2 Å². The molecule has 5 heteroatoms. The normalized spacial score (nSPS) is 14.2. The van der Waals surface area contributed by atoms with Gasteiger partial charge in [0.15, 0.2) is 0 Å². The molecular weight excluding hydrogens is 272 g/mol. The van der Waals surface area contributed by atoms with Crippen LogP contribution in [0, 0.1) is 0 Å². The van der Waals surface area contributed by atoms with Gasteiger partial charge in [0.25, 0.3) is 0 Å². The smallest absolute Gasteiger partial charge is 0.140 e. The van der Waals surface area contributed by atoms with E-state index in [1.807, 2.05) is 22.9 Å². The molecule has 0 aliphatic carbocycles. The Labute approximate surface area is 125 Å². The monoisotopic (exact) mass is 292 g/mol. The largest absolute Gasteiger partial charge is 0.299 e. The number of halogens is 1. The van der Waals surface area contributed by atoms with Crippen LogP contribution in [0.2, 0.25) is 0 Å². The molecule has 1 heterocycles. The summed E-state index contributed by atoms with van der Waals surface area (Å²) in [5.41, 5.74) is 0.905. The number of hydrogen-bond acceptors (Lipinski definition) is 3. The van der Waals surface area contributed by atoms with E-state index in [-0.39, 0.29) is 5.54 Å². The van der Waals surface area contributed by atoms with Crippen LogP contribution in [0.15, 0.2) is 36.7 Å². The first-order valence-electron chi connectivity index (χ1n) is 6.93. The summed E-state index contributed by atoms with van der Waals surface area (Å²) in [5, 5.41) is 7.75. The van der Waals surface area contributed by atoms with Crippen molar-refractivity contribution in [3.63, 3.8) is 0 Å². The molecule has 2 aromatic rings. The summed E-state index contributed by atoms with van der Waals surface area (Å²) in [5.74, 6) is 1.44. The number of aryl methyl sites for hydroxylation is 1. The van der Waals surface area contributed by atoms with Crippen molar-refractivity contribution >= 4 is 11.6 Å². The topological polar surface area (TPSA) is 42.7 Å². The maximum Gasteiger partial charge on any atom is 0.140 e. The predicted molar refractivity (Wildman–Crippen MR) is 81.7 cm³/mol. The number of hydrogen-bond donors (Lipinski definition) is 1. The van der Waals surface area contributed by atoms with Gasteiger partial charge >= 0.3 is 0 Å². The number of benzene rings is 1. The van der Waals surface area contributed by atoms with Crippen molar-refractivity contribution in [3.05, 3.63) is 48.0 Å². The molecule has 0 radical (unpaired) electrons. The molecule has 20 heavy (non-hydrogen) atoms. The van der Waals surface area contributed by atoms with Gasteiger partial charge in [0.05, 0.1) is 12.1 Å². The number of rotatable bonds is 7. The van der Waals surface area contributed by atoms with Crippen molar-refractivity contribution in [2.45, 2.75) is 38.9 Å². The Kier molecular flexibility index (Phi) is 5.15. The minimum absolute atomic E-state index is 0.272. The van der Waals surface area contributed by atoms with Gasteiger partial charge in [-0.3, -0.25) is 5.32 Å². The summed E-state index contributed by atoms with van der Waals surface area (Å²) < 4.78 is 1.94. The molecule has 0 aliphatic heterocycles. The summed E-state index contributed by atoms with van der Waals surface area (Å²) in [6.45, 7) is 5.78. The zero-order chi connectivity index (χ0) is 14.4. The zero-order valence-electron chi connectivity index (χ0n) is 12.0. The van der Waals surface area contributed by atoms with Crippen molar-refractivity contribution in [1.82, 2.24) is 20.1 Å². The van der Waals surface area contributed by atoms with Crippen molar-refractivity contribution in [1.29, 1.82) is 0 Å². The molecule has 1 aromatic heterocycles. The van der Waals surface area contributed by atoms with Crippen LogP contribution in [-0.2, 0) is 18.6 Å². The lowest BCUT2D eigenvalue weighted by Crippen LogP contribution is -2.41. The fourth-order valence-electron chi connectivity index (χ4n) is 2.13. The van der Waals surface area contributed by atoms with E-state index < -0.39 is 0 Å². The first kappa shape index (κ1) is 15.0. The minimum atomic E-state index is -0.272. The highest BCUT2D eigenvalue weighted by atomic mass is 35.5. The molecule has 0 spiro atoms. The quantitative estimate of drug-likeness (QED) is 0.798. The first-order valence-corrected chi connectivity index (χ1v) is 7.46. The number of alkyl halides is 1. The van der Waals surface area contributed by atoms with Crippen LogP contribution in [0.3, 0.4) is 0 Å². The Bertz CT molecular complexity index is 526. The predicted octanol–water partition coefficient (Wildman–Crippen LogP) is 2.93. The van der Waals surface area contributed by atoms with Gasteiger partial charge in [-0.05, 0) is 18.9 Å². The highest BCUT2D eigenvalue weighted by Gasteiger charge is 2.25. The molecule has 1 atom stereocenters. The summed E-state index contributed by atoms with van der Waals surface area (Å²) in [4.78, 5) is 4.31. The average molecular weight is 293 g/mol. The van der Waals surface area contributed by atoms with Crippen molar-refractivity contribution in [3.8, 4) is 0 Å². The van der Waals surface area contributed by atoms with E-state index in [4.69, 9.17) is 11.6 Å². The lowest BCUT2D eigenvalue weighted by molar-refractivity contribution is 0.391. The van der Waals surface area contributed by atoms with Gasteiger partial charge < -0.3 is 0 Å². The van der Waals surface area contributed by atoms with E-state index >= 15 is 0 Å². The second-order valence-corrected chi connectivity index (χ2v) is 5.35. The van der Waals surface area contributed by atoms with E-state index in [0.29, 0.717) is 12.4 Å². The van der Waals surface area contributed by atoms with Crippen LogP contribution >= 0.6 is 11.6 Å². The van der Waals surface area contributed by atoms with E-state index in [1.54, 1.807) is 6.33 Å².